The Labute approximate surface area is 117 Å². The SMILES string of the molecule is COc1ccc(C2(C(C)C)CCCCCN2)c(C)c1. The van der Waals surface area contributed by atoms with Gasteiger partial charge in [-0.25, -0.2) is 0 Å². The molecule has 1 aliphatic heterocycles. The zero-order valence-electron chi connectivity index (χ0n) is 12.8. The monoisotopic (exact) mass is 261 g/mol. The Morgan fingerprint density at radius 1 is 1.21 bits per heavy atom. The summed E-state index contributed by atoms with van der Waals surface area (Å²) in [7, 11) is 1.73. The molecule has 0 amide bonds. The van der Waals surface area contributed by atoms with Gasteiger partial charge in [0.25, 0.3) is 0 Å². The molecule has 1 unspecified atom stereocenters. The van der Waals surface area contributed by atoms with E-state index < -0.39 is 0 Å². The third-order valence-electron chi connectivity index (χ3n) is 4.59. The van der Waals surface area contributed by atoms with Gasteiger partial charge in [-0.2, -0.15) is 0 Å². The van der Waals surface area contributed by atoms with Gasteiger partial charge in [0.15, 0.2) is 0 Å². The maximum Gasteiger partial charge on any atom is 0.119 e. The van der Waals surface area contributed by atoms with E-state index in [9.17, 15) is 0 Å². The molecule has 2 rings (SSSR count). The van der Waals surface area contributed by atoms with E-state index in [0.717, 1.165) is 12.3 Å². The van der Waals surface area contributed by atoms with Crippen LogP contribution in [0.4, 0.5) is 0 Å². The van der Waals surface area contributed by atoms with Crippen LogP contribution in [-0.2, 0) is 5.54 Å². The van der Waals surface area contributed by atoms with Gasteiger partial charge in [0.1, 0.15) is 5.75 Å². The summed E-state index contributed by atoms with van der Waals surface area (Å²) in [6.45, 7) is 8.00. The lowest BCUT2D eigenvalue weighted by molar-refractivity contribution is 0.229. The van der Waals surface area contributed by atoms with Gasteiger partial charge in [0, 0.05) is 5.54 Å². The largest absolute Gasteiger partial charge is 0.497 e. The Hall–Kier alpha value is -1.02. The lowest BCUT2D eigenvalue weighted by Crippen LogP contribution is -2.46. The zero-order chi connectivity index (χ0) is 13.9. The molecular formula is C17H27NO. The molecular weight excluding hydrogens is 234 g/mol. The van der Waals surface area contributed by atoms with Crippen molar-refractivity contribution < 1.29 is 4.74 Å². The molecule has 2 nitrogen and oxygen atoms in total. The molecule has 0 bridgehead atoms. The summed E-state index contributed by atoms with van der Waals surface area (Å²) < 4.78 is 5.34. The minimum Gasteiger partial charge on any atom is -0.497 e. The van der Waals surface area contributed by atoms with E-state index >= 15 is 0 Å². The topological polar surface area (TPSA) is 21.3 Å². The lowest BCUT2D eigenvalue weighted by atomic mass is 9.75. The third-order valence-corrected chi connectivity index (χ3v) is 4.59. The second-order valence-corrected chi connectivity index (χ2v) is 6.04. The molecule has 1 heterocycles. The molecule has 19 heavy (non-hydrogen) atoms. The zero-order valence-corrected chi connectivity index (χ0v) is 12.8. The highest BCUT2D eigenvalue weighted by molar-refractivity contribution is 5.39. The highest BCUT2D eigenvalue weighted by atomic mass is 16.5. The predicted octanol–water partition coefficient (Wildman–Crippen LogP) is 4.02. The number of ether oxygens (including phenoxy) is 1. The summed E-state index contributed by atoms with van der Waals surface area (Å²) in [5.41, 5.74) is 2.92. The fourth-order valence-corrected chi connectivity index (χ4v) is 3.40. The average molecular weight is 261 g/mol. The van der Waals surface area contributed by atoms with Crippen LogP contribution in [0.5, 0.6) is 5.75 Å². The van der Waals surface area contributed by atoms with E-state index in [4.69, 9.17) is 4.74 Å². The summed E-state index contributed by atoms with van der Waals surface area (Å²) in [6.07, 6.45) is 5.19. The van der Waals surface area contributed by atoms with Crippen molar-refractivity contribution in [2.45, 2.75) is 52.0 Å². The Kier molecular flexibility index (Phi) is 4.51. The van der Waals surface area contributed by atoms with Gasteiger partial charge in [-0.05, 0) is 55.5 Å². The van der Waals surface area contributed by atoms with Gasteiger partial charge in [-0.3, -0.25) is 0 Å². The summed E-state index contributed by atoms with van der Waals surface area (Å²) in [5, 5.41) is 3.85. The Bertz CT molecular complexity index is 417. The van der Waals surface area contributed by atoms with Crippen molar-refractivity contribution in [2.75, 3.05) is 13.7 Å². The molecule has 2 heteroatoms. The average Bonchev–Trinajstić information content (AvgIpc) is 2.65. The van der Waals surface area contributed by atoms with Crippen LogP contribution in [0.1, 0.15) is 50.7 Å². The molecule has 1 aromatic rings. The molecule has 106 valence electrons. The van der Waals surface area contributed by atoms with Gasteiger partial charge in [-0.15, -0.1) is 0 Å². The van der Waals surface area contributed by atoms with Crippen molar-refractivity contribution >= 4 is 0 Å². The molecule has 1 N–H and O–H groups in total. The van der Waals surface area contributed by atoms with Crippen LogP contribution in [-0.4, -0.2) is 13.7 Å². The van der Waals surface area contributed by atoms with Gasteiger partial charge in [0.05, 0.1) is 7.11 Å². The van der Waals surface area contributed by atoms with Crippen LogP contribution in [0.2, 0.25) is 0 Å². The van der Waals surface area contributed by atoms with Crippen LogP contribution < -0.4 is 10.1 Å². The molecule has 1 saturated heterocycles. The molecule has 1 atom stereocenters. The molecule has 0 aromatic heterocycles. The van der Waals surface area contributed by atoms with E-state index in [2.05, 4.69) is 44.3 Å². The molecule has 1 aliphatic rings. The van der Waals surface area contributed by atoms with Crippen molar-refractivity contribution in [1.29, 1.82) is 0 Å². The van der Waals surface area contributed by atoms with Crippen LogP contribution in [0.3, 0.4) is 0 Å². The van der Waals surface area contributed by atoms with E-state index in [-0.39, 0.29) is 5.54 Å². The van der Waals surface area contributed by atoms with Gasteiger partial charge < -0.3 is 10.1 Å². The van der Waals surface area contributed by atoms with Crippen LogP contribution in [0, 0.1) is 12.8 Å². The van der Waals surface area contributed by atoms with Crippen LogP contribution in [0.25, 0.3) is 0 Å². The van der Waals surface area contributed by atoms with Crippen LogP contribution in [0.15, 0.2) is 18.2 Å². The second kappa shape index (κ2) is 5.96. The number of aryl methyl sites for hydroxylation is 1. The van der Waals surface area contributed by atoms with E-state index in [1.54, 1.807) is 7.11 Å². The van der Waals surface area contributed by atoms with Crippen LogP contribution >= 0.6 is 0 Å². The minimum absolute atomic E-state index is 0.132. The fourth-order valence-electron chi connectivity index (χ4n) is 3.40. The molecule has 1 fully saturated rings. The molecule has 1 aromatic carbocycles. The Balaban J connectivity index is 2.43. The summed E-state index contributed by atoms with van der Waals surface area (Å²) >= 11 is 0. The molecule has 0 spiro atoms. The normalized spacial score (nSPS) is 24.3. The van der Waals surface area contributed by atoms with E-state index in [0.29, 0.717) is 5.92 Å². The van der Waals surface area contributed by atoms with Crippen molar-refractivity contribution in [3.63, 3.8) is 0 Å². The highest BCUT2D eigenvalue weighted by Gasteiger charge is 2.36. The predicted molar refractivity (Wildman–Crippen MR) is 80.7 cm³/mol. The summed E-state index contributed by atoms with van der Waals surface area (Å²) in [5.74, 6) is 1.55. The Morgan fingerprint density at radius 2 is 2.00 bits per heavy atom. The standard InChI is InChI=1S/C17H27NO/c1-13(2)17(10-6-5-7-11-18-17)16-9-8-15(19-4)12-14(16)3/h8-9,12-13,18H,5-7,10-11H2,1-4H3. The molecule has 0 radical (unpaired) electrons. The van der Waals surface area contributed by atoms with Crippen molar-refractivity contribution in [1.82, 2.24) is 5.32 Å². The second-order valence-electron chi connectivity index (χ2n) is 6.04. The maximum absolute atomic E-state index is 5.34. The number of benzene rings is 1. The number of methoxy groups -OCH3 is 1. The quantitative estimate of drug-likeness (QED) is 0.887. The van der Waals surface area contributed by atoms with Crippen molar-refractivity contribution in [2.24, 2.45) is 5.92 Å². The first-order valence-corrected chi connectivity index (χ1v) is 7.50. The first kappa shape index (κ1) is 14.4. The lowest BCUT2D eigenvalue weighted by Gasteiger charge is -2.39. The number of hydrogen-bond donors (Lipinski definition) is 1. The first-order chi connectivity index (χ1) is 9.10. The summed E-state index contributed by atoms with van der Waals surface area (Å²) in [4.78, 5) is 0. The van der Waals surface area contributed by atoms with Gasteiger partial charge in [-0.1, -0.05) is 32.8 Å². The molecule has 0 saturated carbocycles. The fraction of sp³-hybridized carbons (Fsp3) is 0.647. The Morgan fingerprint density at radius 3 is 2.63 bits per heavy atom. The molecule has 0 aliphatic carbocycles. The minimum atomic E-state index is 0.132. The van der Waals surface area contributed by atoms with Gasteiger partial charge >= 0.3 is 0 Å². The number of rotatable bonds is 3. The van der Waals surface area contributed by atoms with E-state index in [1.165, 1.54) is 36.8 Å². The third kappa shape index (κ3) is 2.79. The number of hydrogen-bond acceptors (Lipinski definition) is 2. The first-order valence-electron chi connectivity index (χ1n) is 7.50. The summed E-state index contributed by atoms with van der Waals surface area (Å²) in [6, 6.07) is 6.51. The maximum atomic E-state index is 5.34. The van der Waals surface area contributed by atoms with E-state index in [1.807, 2.05) is 0 Å². The number of nitrogens with one attached hydrogen (secondary N) is 1. The van der Waals surface area contributed by atoms with Gasteiger partial charge in [0.2, 0.25) is 0 Å². The highest BCUT2D eigenvalue weighted by Crippen LogP contribution is 2.39. The van der Waals surface area contributed by atoms with Crippen molar-refractivity contribution in [3.8, 4) is 5.75 Å². The smallest absolute Gasteiger partial charge is 0.119 e. The van der Waals surface area contributed by atoms with Crippen molar-refractivity contribution in [3.05, 3.63) is 29.3 Å².